The van der Waals surface area contributed by atoms with Crippen LogP contribution >= 0.6 is 11.8 Å². The van der Waals surface area contributed by atoms with E-state index in [1.54, 1.807) is 0 Å². The number of ether oxygens (including phenoxy) is 1. The van der Waals surface area contributed by atoms with E-state index in [9.17, 15) is 4.79 Å². The van der Waals surface area contributed by atoms with Crippen LogP contribution in [0.1, 0.15) is 13.8 Å². The molecule has 4 aromatic rings. The highest BCUT2D eigenvalue weighted by atomic mass is 32.2. The van der Waals surface area contributed by atoms with Crippen LogP contribution in [0.2, 0.25) is 0 Å². The molecule has 1 aliphatic rings. The molecular weight excluding hydrogens is 384 g/mol. The Labute approximate surface area is 172 Å². The quantitative estimate of drug-likeness (QED) is 0.383. The first-order valence-electron chi connectivity index (χ1n) is 9.82. The van der Waals surface area contributed by atoms with Gasteiger partial charge in [-0.05, 0) is 38.1 Å². The monoisotopic (exact) mass is 406 g/mol. The van der Waals surface area contributed by atoms with Gasteiger partial charge in [-0.15, -0.1) is 0 Å². The number of benzene rings is 2. The van der Waals surface area contributed by atoms with E-state index in [4.69, 9.17) is 14.7 Å². The molecule has 0 N–H and O–H groups in total. The van der Waals surface area contributed by atoms with E-state index in [0.29, 0.717) is 18.8 Å². The van der Waals surface area contributed by atoms with Crippen LogP contribution in [-0.2, 0) is 9.53 Å². The lowest BCUT2D eigenvalue weighted by molar-refractivity contribution is -0.140. The van der Waals surface area contributed by atoms with Gasteiger partial charge in [0.25, 0.3) is 0 Å². The molecule has 6 nitrogen and oxygen atoms in total. The van der Waals surface area contributed by atoms with Crippen molar-refractivity contribution in [2.75, 3.05) is 18.8 Å². The first kappa shape index (κ1) is 18.4. The molecule has 0 saturated carbocycles. The molecule has 148 valence electrons. The third-order valence-electron chi connectivity index (χ3n) is 5.21. The van der Waals surface area contributed by atoms with Crippen molar-refractivity contribution in [3.8, 4) is 0 Å². The lowest BCUT2D eigenvalue weighted by atomic mass is 10.2. The Bertz CT molecular complexity index is 1210. The number of hydrogen-bond acceptors (Lipinski definition) is 5. The van der Waals surface area contributed by atoms with Crippen LogP contribution in [-0.4, -0.2) is 56.2 Å². The van der Waals surface area contributed by atoms with E-state index in [1.165, 1.54) is 11.8 Å². The normalized spacial score (nSPS) is 20.0. The lowest BCUT2D eigenvalue weighted by Crippen LogP contribution is -2.48. The van der Waals surface area contributed by atoms with Crippen LogP contribution in [0.3, 0.4) is 0 Å². The molecule has 0 spiro atoms. The highest BCUT2D eigenvalue weighted by molar-refractivity contribution is 7.99. The van der Waals surface area contributed by atoms with Gasteiger partial charge in [0.2, 0.25) is 5.91 Å². The van der Waals surface area contributed by atoms with Crippen LogP contribution in [0.15, 0.2) is 53.7 Å². The zero-order valence-electron chi connectivity index (χ0n) is 16.4. The molecule has 3 heterocycles. The summed E-state index contributed by atoms with van der Waals surface area (Å²) in [6.45, 7) is 5.29. The number of para-hydroxylation sites is 3. The summed E-state index contributed by atoms with van der Waals surface area (Å²) in [4.78, 5) is 24.5. The van der Waals surface area contributed by atoms with Crippen LogP contribution in [0.4, 0.5) is 0 Å². The third kappa shape index (κ3) is 3.34. The second kappa shape index (κ2) is 7.31. The first-order chi connectivity index (χ1) is 14.1. The maximum atomic E-state index is 12.9. The van der Waals surface area contributed by atoms with Gasteiger partial charge in [0.05, 0.1) is 34.5 Å². The van der Waals surface area contributed by atoms with E-state index >= 15 is 0 Å². The Hall–Kier alpha value is -2.64. The molecule has 7 heteroatoms. The van der Waals surface area contributed by atoms with Crippen molar-refractivity contribution >= 4 is 45.3 Å². The third-order valence-corrected chi connectivity index (χ3v) is 6.13. The first-order valence-corrected chi connectivity index (χ1v) is 10.8. The van der Waals surface area contributed by atoms with Gasteiger partial charge in [-0.1, -0.05) is 36.0 Å². The Balaban J connectivity index is 1.53. The summed E-state index contributed by atoms with van der Waals surface area (Å²) < 4.78 is 7.82. The van der Waals surface area contributed by atoms with E-state index in [1.807, 2.05) is 67.3 Å². The van der Waals surface area contributed by atoms with Crippen molar-refractivity contribution < 1.29 is 9.53 Å². The minimum Gasteiger partial charge on any atom is -0.372 e. The van der Waals surface area contributed by atoms with E-state index in [-0.39, 0.29) is 18.1 Å². The number of fused-ring (bicyclic) bond motifs is 5. The molecule has 1 aliphatic heterocycles. The summed E-state index contributed by atoms with van der Waals surface area (Å²) in [5.74, 6) is 0.455. The van der Waals surface area contributed by atoms with Crippen molar-refractivity contribution in [3.05, 3.63) is 48.5 Å². The molecule has 0 aliphatic carbocycles. The molecule has 2 aromatic carbocycles. The zero-order chi connectivity index (χ0) is 20.0. The van der Waals surface area contributed by atoms with Crippen LogP contribution in [0.5, 0.6) is 0 Å². The largest absolute Gasteiger partial charge is 0.372 e. The highest BCUT2D eigenvalue weighted by Crippen LogP contribution is 2.29. The SMILES string of the molecule is CC1CN(C(=O)CSc2nc3ccccc3c3nc4ccccc4n23)CC(C)O1. The van der Waals surface area contributed by atoms with Gasteiger partial charge in [-0.2, -0.15) is 0 Å². The van der Waals surface area contributed by atoms with Crippen LogP contribution < -0.4 is 0 Å². The summed E-state index contributed by atoms with van der Waals surface area (Å²) in [5, 5.41) is 1.80. The standard InChI is InChI=1S/C22H22N4O2S/c1-14-11-25(12-15(2)28-14)20(27)13-29-22-24-17-8-4-3-7-16(17)21-23-18-9-5-6-10-19(18)26(21)22/h3-10,14-15H,11-13H2,1-2H3. The molecule has 0 radical (unpaired) electrons. The lowest BCUT2D eigenvalue weighted by Gasteiger charge is -2.35. The fourth-order valence-corrected chi connectivity index (χ4v) is 4.92. The van der Waals surface area contributed by atoms with Crippen LogP contribution in [0, 0.1) is 0 Å². The fraction of sp³-hybridized carbons (Fsp3) is 0.318. The number of carbonyl (C=O) groups excluding carboxylic acids is 1. The molecule has 2 aromatic heterocycles. The molecule has 29 heavy (non-hydrogen) atoms. The maximum absolute atomic E-state index is 12.9. The number of imidazole rings is 1. The maximum Gasteiger partial charge on any atom is 0.233 e. The smallest absolute Gasteiger partial charge is 0.233 e. The Morgan fingerprint density at radius 3 is 2.52 bits per heavy atom. The zero-order valence-corrected chi connectivity index (χ0v) is 17.2. The topological polar surface area (TPSA) is 59.7 Å². The number of rotatable bonds is 3. The number of hydrogen-bond donors (Lipinski definition) is 0. The molecular formula is C22H22N4O2S. The van der Waals surface area contributed by atoms with Crippen molar-refractivity contribution in [2.45, 2.75) is 31.2 Å². The van der Waals surface area contributed by atoms with Gasteiger partial charge in [0, 0.05) is 18.5 Å². The Kier molecular flexibility index (Phi) is 4.64. The minimum atomic E-state index is 0.0655. The van der Waals surface area contributed by atoms with Crippen molar-refractivity contribution in [1.82, 2.24) is 19.3 Å². The highest BCUT2D eigenvalue weighted by Gasteiger charge is 2.26. The predicted molar refractivity (Wildman–Crippen MR) is 115 cm³/mol. The number of nitrogens with zero attached hydrogens (tertiary/aromatic N) is 4. The van der Waals surface area contributed by atoms with Crippen molar-refractivity contribution in [1.29, 1.82) is 0 Å². The van der Waals surface area contributed by atoms with Crippen molar-refractivity contribution in [2.24, 2.45) is 0 Å². The van der Waals surface area contributed by atoms with Gasteiger partial charge >= 0.3 is 0 Å². The van der Waals surface area contributed by atoms with Gasteiger partial charge in [-0.25, -0.2) is 9.97 Å². The number of thioether (sulfide) groups is 1. The van der Waals surface area contributed by atoms with Crippen molar-refractivity contribution in [3.63, 3.8) is 0 Å². The summed E-state index contributed by atoms with van der Waals surface area (Å²) in [5.41, 5.74) is 3.69. The van der Waals surface area contributed by atoms with Gasteiger partial charge < -0.3 is 9.64 Å². The molecule has 1 amide bonds. The average Bonchev–Trinajstić information content (AvgIpc) is 3.11. The molecule has 2 atom stereocenters. The summed E-state index contributed by atoms with van der Waals surface area (Å²) >= 11 is 1.47. The molecule has 1 fully saturated rings. The molecule has 5 rings (SSSR count). The Morgan fingerprint density at radius 1 is 1.03 bits per heavy atom. The van der Waals surface area contributed by atoms with E-state index in [2.05, 4.69) is 4.40 Å². The van der Waals surface area contributed by atoms with E-state index in [0.717, 1.165) is 32.7 Å². The van der Waals surface area contributed by atoms with Gasteiger partial charge in [0.15, 0.2) is 5.16 Å². The van der Waals surface area contributed by atoms with Gasteiger partial charge in [0.1, 0.15) is 5.65 Å². The minimum absolute atomic E-state index is 0.0655. The Morgan fingerprint density at radius 2 is 1.72 bits per heavy atom. The summed E-state index contributed by atoms with van der Waals surface area (Å²) in [6.07, 6.45) is 0.131. The summed E-state index contributed by atoms with van der Waals surface area (Å²) in [7, 11) is 0. The van der Waals surface area contributed by atoms with Crippen LogP contribution in [0.25, 0.3) is 27.6 Å². The van der Waals surface area contributed by atoms with E-state index < -0.39 is 0 Å². The molecule has 1 saturated heterocycles. The predicted octanol–water partition coefficient (Wildman–Crippen LogP) is 3.76. The van der Waals surface area contributed by atoms with Gasteiger partial charge in [-0.3, -0.25) is 9.20 Å². The number of aromatic nitrogens is 3. The second-order valence-corrected chi connectivity index (χ2v) is 8.46. The fourth-order valence-electron chi connectivity index (χ4n) is 4.01. The second-order valence-electron chi connectivity index (χ2n) is 7.52. The number of amides is 1. The summed E-state index contributed by atoms with van der Waals surface area (Å²) in [6, 6.07) is 16.1. The average molecular weight is 407 g/mol. The molecule has 2 unspecified atom stereocenters. The molecule has 0 bridgehead atoms. The number of morpholine rings is 1. The number of carbonyl (C=O) groups is 1.